The average molecular weight is 487 g/mol. The molecule has 7 heteroatoms. The molecule has 3 aliphatic carbocycles. The molecule has 0 aliphatic heterocycles. The van der Waals surface area contributed by atoms with E-state index in [1.165, 1.54) is 23.3 Å². The van der Waals surface area contributed by atoms with E-state index in [1.54, 1.807) is 0 Å². The SMILES string of the molecule is CCON=C1CCC(N(C(=O)C2CCC(C)CC2)c2c(C3=CCCCC3)csc2C(=O)O)CC1. The highest BCUT2D eigenvalue weighted by molar-refractivity contribution is 7.13. The maximum Gasteiger partial charge on any atom is 0.348 e. The predicted molar refractivity (Wildman–Crippen MR) is 138 cm³/mol. The van der Waals surface area contributed by atoms with Crippen LogP contribution in [0.3, 0.4) is 0 Å². The molecule has 186 valence electrons. The summed E-state index contributed by atoms with van der Waals surface area (Å²) in [5.74, 6) is -0.180. The molecule has 0 radical (unpaired) electrons. The first-order chi connectivity index (χ1) is 16.5. The summed E-state index contributed by atoms with van der Waals surface area (Å²) >= 11 is 1.27. The third-order valence-electron chi connectivity index (χ3n) is 7.66. The van der Waals surface area contributed by atoms with Crippen LogP contribution < -0.4 is 4.90 Å². The van der Waals surface area contributed by atoms with E-state index in [0.717, 1.165) is 81.9 Å². The van der Waals surface area contributed by atoms with Crippen molar-refractivity contribution in [2.24, 2.45) is 17.0 Å². The Kier molecular flexibility index (Phi) is 8.46. The summed E-state index contributed by atoms with van der Waals surface area (Å²) in [7, 11) is 0. The second-order valence-electron chi connectivity index (χ2n) is 10.1. The Bertz CT molecular complexity index is 932. The van der Waals surface area contributed by atoms with Crippen LogP contribution in [0.4, 0.5) is 5.69 Å². The molecule has 0 spiro atoms. The molecule has 2 saturated carbocycles. The third-order valence-corrected chi connectivity index (χ3v) is 8.62. The Labute approximate surface area is 207 Å². The second-order valence-corrected chi connectivity index (χ2v) is 11.0. The van der Waals surface area contributed by atoms with E-state index < -0.39 is 5.97 Å². The standard InChI is InChI=1S/C27H38N2O4S/c1-3-33-28-21-13-15-22(16-14-21)29(26(30)20-11-9-18(2)10-12-20)24-23(17-34-25(24)27(31)32)19-7-5-4-6-8-19/h7,17-18,20,22H,3-6,8-16H2,1-2H3,(H,31,32). The molecular weight excluding hydrogens is 448 g/mol. The van der Waals surface area contributed by atoms with E-state index in [1.807, 2.05) is 17.2 Å². The Morgan fingerprint density at radius 3 is 2.47 bits per heavy atom. The van der Waals surface area contributed by atoms with Crippen LogP contribution in [-0.4, -0.2) is 35.3 Å². The fourth-order valence-corrected chi connectivity index (χ4v) is 6.59. The molecule has 0 bridgehead atoms. The number of nitrogens with zero attached hydrogens (tertiary/aromatic N) is 2. The van der Waals surface area contributed by atoms with Crippen molar-refractivity contribution >= 4 is 40.2 Å². The number of carbonyl (C=O) groups is 2. The van der Waals surface area contributed by atoms with Crippen molar-refractivity contribution < 1.29 is 19.5 Å². The molecule has 4 rings (SSSR count). The van der Waals surface area contributed by atoms with E-state index in [0.29, 0.717) is 23.1 Å². The quantitative estimate of drug-likeness (QED) is 0.425. The Morgan fingerprint density at radius 2 is 1.85 bits per heavy atom. The van der Waals surface area contributed by atoms with Gasteiger partial charge in [0.1, 0.15) is 11.5 Å². The predicted octanol–water partition coefficient (Wildman–Crippen LogP) is 6.90. The van der Waals surface area contributed by atoms with Gasteiger partial charge in [-0.05, 0) is 95.5 Å². The first-order valence-corrected chi connectivity index (χ1v) is 13.9. The molecule has 0 saturated heterocycles. The zero-order valence-electron chi connectivity index (χ0n) is 20.6. The summed E-state index contributed by atoms with van der Waals surface area (Å²) in [4.78, 5) is 34.0. The Balaban J connectivity index is 1.71. The van der Waals surface area contributed by atoms with E-state index in [4.69, 9.17) is 4.84 Å². The minimum absolute atomic E-state index is 0.0110. The van der Waals surface area contributed by atoms with Crippen molar-refractivity contribution in [1.82, 2.24) is 0 Å². The number of carboxylic acids is 1. The minimum Gasteiger partial charge on any atom is -0.477 e. The lowest BCUT2D eigenvalue weighted by Crippen LogP contribution is -2.47. The molecule has 6 nitrogen and oxygen atoms in total. The van der Waals surface area contributed by atoms with Gasteiger partial charge in [-0.1, -0.05) is 18.2 Å². The molecule has 1 aromatic heterocycles. The van der Waals surface area contributed by atoms with Crippen molar-refractivity contribution in [3.8, 4) is 0 Å². The lowest BCUT2D eigenvalue weighted by molar-refractivity contribution is -0.124. The number of allylic oxidation sites excluding steroid dienone is 2. The fourth-order valence-electron chi connectivity index (χ4n) is 5.67. The van der Waals surface area contributed by atoms with Gasteiger partial charge in [0, 0.05) is 22.9 Å². The molecule has 1 N–H and O–H groups in total. The number of rotatable bonds is 7. The smallest absolute Gasteiger partial charge is 0.348 e. The highest BCUT2D eigenvalue weighted by Crippen LogP contribution is 2.43. The van der Waals surface area contributed by atoms with Crippen molar-refractivity contribution in [2.75, 3.05) is 11.5 Å². The maximum absolute atomic E-state index is 14.1. The summed E-state index contributed by atoms with van der Waals surface area (Å²) in [6, 6.07) is -0.0110. The number of amides is 1. The van der Waals surface area contributed by atoms with Gasteiger partial charge in [-0.3, -0.25) is 4.79 Å². The molecule has 0 atom stereocenters. The second kappa shape index (κ2) is 11.5. The molecule has 1 heterocycles. The van der Waals surface area contributed by atoms with Crippen LogP contribution >= 0.6 is 11.3 Å². The number of hydrogen-bond acceptors (Lipinski definition) is 5. The molecular formula is C27H38N2O4S. The van der Waals surface area contributed by atoms with Crippen LogP contribution in [0.1, 0.15) is 106 Å². The number of aromatic carboxylic acids is 1. The van der Waals surface area contributed by atoms with Crippen LogP contribution in [0.15, 0.2) is 16.6 Å². The van der Waals surface area contributed by atoms with Gasteiger partial charge in [0.15, 0.2) is 0 Å². The van der Waals surface area contributed by atoms with Gasteiger partial charge in [-0.15, -0.1) is 11.3 Å². The number of carbonyl (C=O) groups excluding carboxylic acids is 1. The van der Waals surface area contributed by atoms with E-state index in [2.05, 4.69) is 18.2 Å². The van der Waals surface area contributed by atoms with Crippen molar-refractivity contribution in [1.29, 1.82) is 0 Å². The zero-order valence-corrected chi connectivity index (χ0v) is 21.4. The van der Waals surface area contributed by atoms with Gasteiger partial charge in [-0.2, -0.15) is 0 Å². The average Bonchev–Trinajstić information content (AvgIpc) is 3.29. The largest absolute Gasteiger partial charge is 0.477 e. The molecule has 2 fully saturated rings. The maximum atomic E-state index is 14.1. The molecule has 34 heavy (non-hydrogen) atoms. The lowest BCUT2D eigenvalue weighted by Gasteiger charge is -2.39. The van der Waals surface area contributed by atoms with E-state index in [-0.39, 0.29) is 17.9 Å². The van der Waals surface area contributed by atoms with Gasteiger partial charge in [0.05, 0.1) is 11.4 Å². The highest BCUT2D eigenvalue weighted by Gasteiger charge is 2.38. The summed E-state index contributed by atoms with van der Waals surface area (Å²) < 4.78 is 0. The van der Waals surface area contributed by atoms with Gasteiger partial charge in [0.2, 0.25) is 5.91 Å². The van der Waals surface area contributed by atoms with Gasteiger partial charge in [0.25, 0.3) is 0 Å². The molecule has 3 aliphatic rings. The minimum atomic E-state index is -0.938. The zero-order chi connectivity index (χ0) is 24.1. The topological polar surface area (TPSA) is 79.2 Å². The molecule has 1 aromatic rings. The molecule has 0 unspecified atom stereocenters. The van der Waals surface area contributed by atoms with Crippen LogP contribution in [0.2, 0.25) is 0 Å². The van der Waals surface area contributed by atoms with Crippen LogP contribution in [0.25, 0.3) is 5.57 Å². The van der Waals surface area contributed by atoms with Gasteiger partial charge < -0.3 is 14.8 Å². The van der Waals surface area contributed by atoms with E-state index in [9.17, 15) is 14.7 Å². The Hall–Kier alpha value is -2.15. The third kappa shape index (κ3) is 5.56. The summed E-state index contributed by atoms with van der Waals surface area (Å²) in [5.41, 5.74) is 3.86. The number of oxime groups is 1. The molecule has 1 amide bonds. The van der Waals surface area contributed by atoms with Crippen molar-refractivity contribution in [2.45, 2.75) is 96.9 Å². The van der Waals surface area contributed by atoms with Crippen LogP contribution in [0.5, 0.6) is 0 Å². The lowest BCUT2D eigenvalue weighted by atomic mass is 9.81. The van der Waals surface area contributed by atoms with Crippen molar-refractivity contribution in [3.05, 3.63) is 21.9 Å². The summed E-state index contributed by atoms with van der Waals surface area (Å²) in [5, 5.41) is 16.3. The first-order valence-electron chi connectivity index (χ1n) is 13.0. The number of thiophene rings is 1. The van der Waals surface area contributed by atoms with Crippen LogP contribution in [-0.2, 0) is 9.63 Å². The normalized spacial score (nSPS) is 25.4. The van der Waals surface area contributed by atoms with Crippen molar-refractivity contribution in [3.63, 3.8) is 0 Å². The molecule has 0 aromatic carbocycles. The van der Waals surface area contributed by atoms with Gasteiger partial charge in [-0.25, -0.2) is 4.79 Å². The highest BCUT2D eigenvalue weighted by atomic mass is 32.1. The van der Waals surface area contributed by atoms with Crippen LogP contribution in [0, 0.1) is 11.8 Å². The summed E-state index contributed by atoms with van der Waals surface area (Å²) in [6.45, 7) is 4.73. The first kappa shape index (κ1) is 25.0. The van der Waals surface area contributed by atoms with E-state index >= 15 is 0 Å². The number of carboxylic acid groups (broad SMARTS) is 1. The Morgan fingerprint density at radius 1 is 1.12 bits per heavy atom. The number of anilines is 1. The fraction of sp³-hybridized carbons (Fsp3) is 0.667. The van der Waals surface area contributed by atoms with Gasteiger partial charge >= 0.3 is 5.97 Å². The monoisotopic (exact) mass is 486 g/mol. The summed E-state index contributed by atoms with van der Waals surface area (Å²) in [6.07, 6.45) is 13.5. The number of hydrogen-bond donors (Lipinski definition) is 1.